The van der Waals surface area contributed by atoms with Crippen LogP contribution in [0.2, 0.25) is 0 Å². The molecule has 1 heterocycles. The smallest absolute Gasteiger partial charge is 0.295 e. The molecule has 2 aromatic rings. The Kier molecular flexibility index (Phi) is 5.61. The molecule has 1 saturated heterocycles. The van der Waals surface area contributed by atoms with Gasteiger partial charge in [-0.3, -0.25) is 15.5 Å². The lowest BCUT2D eigenvalue weighted by molar-refractivity contribution is -0.384. The van der Waals surface area contributed by atoms with E-state index in [9.17, 15) is 23.6 Å². The van der Waals surface area contributed by atoms with E-state index in [4.69, 9.17) is 0 Å². The fourth-order valence-electron chi connectivity index (χ4n) is 2.91. The van der Waals surface area contributed by atoms with Crippen molar-refractivity contribution < 1.29 is 18.4 Å². The molecular formula is C18H20N4O5S. The van der Waals surface area contributed by atoms with Crippen LogP contribution in [-0.4, -0.2) is 41.6 Å². The van der Waals surface area contributed by atoms with Gasteiger partial charge in [-0.1, -0.05) is 0 Å². The van der Waals surface area contributed by atoms with Gasteiger partial charge >= 0.3 is 0 Å². The molecule has 0 spiro atoms. The molecule has 0 aliphatic carbocycles. The molecule has 1 fully saturated rings. The Hall–Kier alpha value is -2.98. The number of aromatic hydroxyl groups is 1. The minimum absolute atomic E-state index is 0.0866. The average Bonchev–Trinajstić information content (AvgIpc) is 3.22. The Balaban J connectivity index is 1.88. The zero-order chi connectivity index (χ0) is 20.3. The Labute approximate surface area is 162 Å². The van der Waals surface area contributed by atoms with Crippen LogP contribution < -0.4 is 5.43 Å². The van der Waals surface area contributed by atoms with Crippen LogP contribution in [0.25, 0.3) is 0 Å². The van der Waals surface area contributed by atoms with Crippen molar-refractivity contribution in [3.63, 3.8) is 0 Å². The second-order valence-corrected chi connectivity index (χ2v) is 8.34. The minimum Gasteiger partial charge on any atom is -0.508 e. The fraction of sp³-hybridized carbons (Fsp3) is 0.278. The lowest BCUT2D eigenvalue weighted by atomic mass is 10.1. The summed E-state index contributed by atoms with van der Waals surface area (Å²) in [7, 11) is -3.75. The largest absolute Gasteiger partial charge is 0.508 e. The standard InChI is InChI=1S/C18H20N4O5S/c1-13(14-4-6-15(23)7-5-14)19-20-17-9-8-16(12-18(17)22(24)25)28(26,27)21-10-2-3-11-21/h4-9,12,20,23H,2-3,10-11H2,1H3/b19-13+. The minimum atomic E-state index is -3.75. The number of phenolic OH excluding ortho intramolecular Hbond substituents is 1. The third-order valence-electron chi connectivity index (χ3n) is 4.50. The molecular weight excluding hydrogens is 384 g/mol. The Bertz CT molecular complexity index is 1010. The van der Waals surface area contributed by atoms with Gasteiger partial charge in [-0.2, -0.15) is 9.41 Å². The monoisotopic (exact) mass is 404 g/mol. The lowest BCUT2D eigenvalue weighted by Gasteiger charge is -2.15. The molecule has 0 saturated carbocycles. The van der Waals surface area contributed by atoms with Crippen molar-refractivity contribution >= 4 is 27.1 Å². The van der Waals surface area contributed by atoms with Gasteiger partial charge in [-0.25, -0.2) is 8.42 Å². The molecule has 148 valence electrons. The third-order valence-corrected chi connectivity index (χ3v) is 6.39. The topological polar surface area (TPSA) is 125 Å². The SMILES string of the molecule is C/C(=N\Nc1ccc(S(=O)(=O)N2CCCC2)cc1[N+](=O)[O-])c1ccc(O)cc1. The van der Waals surface area contributed by atoms with Crippen LogP contribution in [0, 0.1) is 10.1 Å². The number of nitrogens with zero attached hydrogens (tertiary/aromatic N) is 3. The molecule has 2 N–H and O–H groups in total. The number of rotatable bonds is 6. The molecule has 0 radical (unpaired) electrons. The van der Waals surface area contributed by atoms with E-state index in [2.05, 4.69) is 10.5 Å². The summed E-state index contributed by atoms with van der Waals surface area (Å²) < 4.78 is 26.6. The molecule has 0 aromatic heterocycles. The number of phenols is 1. The highest BCUT2D eigenvalue weighted by Crippen LogP contribution is 2.30. The van der Waals surface area contributed by atoms with Crippen LogP contribution >= 0.6 is 0 Å². The number of benzene rings is 2. The molecule has 0 bridgehead atoms. The van der Waals surface area contributed by atoms with Crippen molar-refractivity contribution in [1.29, 1.82) is 0 Å². The first-order valence-corrected chi connectivity index (χ1v) is 10.1. The molecule has 0 unspecified atom stereocenters. The molecule has 0 amide bonds. The number of hydrogen-bond donors (Lipinski definition) is 2. The van der Waals surface area contributed by atoms with E-state index in [0.717, 1.165) is 24.5 Å². The molecule has 3 rings (SSSR count). The van der Waals surface area contributed by atoms with Crippen LogP contribution in [-0.2, 0) is 10.0 Å². The van der Waals surface area contributed by atoms with Crippen molar-refractivity contribution in [3.05, 3.63) is 58.1 Å². The number of nitro benzene ring substituents is 1. The average molecular weight is 404 g/mol. The number of hydrogen-bond acceptors (Lipinski definition) is 7. The second-order valence-electron chi connectivity index (χ2n) is 6.40. The van der Waals surface area contributed by atoms with Crippen molar-refractivity contribution in [1.82, 2.24) is 4.31 Å². The summed E-state index contributed by atoms with van der Waals surface area (Å²) in [6.07, 6.45) is 1.57. The van der Waals surface area contributed by atoms with E-state index in [-0.39, 0.29) is 22.0 Å². The summed E-state index contributed by atoms with van der Waals surface area (Å²) in [5.74, 6) is 0.120. The Morgan fingerprint density at radius 3 is 2.43 bits per heavy atom. The van der Waals surface area contributed by atoms with Crippen LogP contribution in [0.3, 0.4) is 0 Å². The quantitative estimate of drug-likeness (QED) is 0.433. The lowest BCUT2D eigenvalue weighted by Crippen LogP contribution is -2.27. The maximum Gasteiger partial charge on any atom is 0.295 e. The van der Waals surface area contributed by atoms with E-state index in [1.165, 1.54) is 28.6 Å². The molecule has 28 heavy (non-hydrogen) atoms. The van der Waals surface area contributed by atoms with Gasteiger partial charge in [0.05, 0.1) is 15.5 Å². The van der Waals surface area contributed by atoms with Gasteiger partial charge < -0.3 is 5.11 Å². The summed E-state index contributed by atoms with van der Waals surface area (Å²) in [4.78, 5) is 10.7. The molecule has 1 aliphatic rings. The first-order valence-electron chi connectivity index (χ1n) is 8.67. The zero-order valence-corrected chi connectivity index (χ0v) is 16.0. The van der Waals surface area contributed by atoms with E-state index in [1.807, 2.05) is 0 Å². The number of sulfonamides is 1. The summed E-state index contributed by atoms with van der Waals surface area (Å²) in [6.45, 7) is 2.55. The third kappa shape index (κ3) is 4.12. The molecule has 10 heteroatoms. The number of nitrogens with one attached hydrogen (secondary N) is 1. The van der Waals surface area contributed by atoms with E-state index >= 15 is 0 Å². The van der Waals surface area contributed by atoms with Crippen molar-refractivity contribution in [2.24, 2.45) is 5.10 Å². The molecule has 9 nitrogen and oxygen atoms in total. The van der Waals surface area contributed by atoms with E-state index in [1.54, 1.807) is 19.1 Å². The van der Waals surface area contributed by atoms with Gasteiger partial charge in [0.15, 0.2) is 0 Å². The summed E-state index contributed by atoms with van der Waals surface area (Å²) in [5, 5.41) is 24.9. The Morgan fingerprint density at radius 1 is 1.18 bits per heavy atom. The summed E-state index contributed by atoms with van der Waals surface area (Å²) in [6, 6.07) is 10.1. The van der Waals surface area contributed by atoms with Crippen LogP contribution in [0.15, 0.2) is 52.5 Å². The van der Waals surface area contributed by atoms with Crippen LogP contribution in [0.5, 0.6) is 5.75 Å². The highest BCUT2D eigenvalue weighted by Gasteiger charge is 2.29. The van der Waals surface area contributed by atoms with Crippen LogP contribution in [0.4, 0.5) is 11.4 Å². The van der Waals surface area contributed by atoms with Gasteiger partial charge in [-0.05, 0) is 61.7 Å². The summed E-state index contributed by atoms with van der Waals surface area (Å²) >= 11 is 0. The van der Waals surface area contributed by atoms with E-state index < -0.39 is 14.9 Å². The van der Waals surface area contributed by atoms with Gasteiger partial charge in [0.2, 0.25) is 10.0 Å². The highest BCUT2D eigenvalue weighted by molar-refractivity contribution is 7.89. The van der Waals surface area contributed by atoms with Gasteiger partial charge in [0, 0.05) is 19.2 Å². The zero-order valence-electron chi connectivity index (χ0n) is 15.2. The Morgan fingerprint density at radius 2 is 1.82 bits per heavy atom. The highest BCUT2D eigenvalue weighted by atomic mass is 32.2. The normalized spacial score (nSPS) is 15.5. The first kappa shape index (κ1) is 19.8. The van der Waals surface area contributed by atoms with E-state index in [0.29, 0.717) is 18.8 Å². The van der Waals surface area contributed by atoms with Gasteiger partial charge in [0.1, 0.15) is 11.4 Å². The molecule has 0 atom stereocenters. The predicted molar refractivity (Wildman–Crippen MR) is 105 cm³/mol. The van der Waals surface area contributed by atoms with Crippen molar-refractivity contribution in [3.8, 4) is 5.75 Å². The first-order chi connectivity index (χ1) is 13.3. The van der Waals surface area contributed by atoms with Crippen LogP contribution in [0.1, 0.15) is 25.3 Å². The van der Waals surface area contributed by atoms with Crippen molar-refractivity contribution in [2.45, 2.75) is 24.7 Å². The predicted octanol–water partition coefficient (Wildman–Crippen LogP) is 2.92. The molecule has 2 aromatic carbocycles. The second kappa shape index (κ2) is 7.95. The van der Waals surface area contributed by atoms with Gasteiger partial charge in [0.25, 0.3) is 5.69 Å². The van der Waals surface area contributed by atoms with Gasteiger partial charge in [-0.15, -0.1) is 0 Å². The summed E-state index contributed by atoms with van der Waals surface area (Å²) in [5.41, 5.74) is 3.61. The fourth-order valence-corrected chi connectivity index (χ4v) is 4.44. The number of anilines is 1. The maximum atomic E-state index is 12.6. The molecule has 1 aliphatic heterocycles. The maximum absolute atomic E-state index is 12.6. The van der Waals surface area contributed by atoms with Crippen molar-refractivity contribution in [2.75, 3.05) is 18.5 Å². The number of nitro groups is 1. The number of hydrazone groups is 1.